The van der Waals surface area contributed by atoms with Crippen LogP contribution in [-0.2, 0) is 14.9 Å². The highest BCUT2D eigenvalue weighted by Gasteiger charge is 2.72. The second kappa shape index (κ2) is 6.06. The normalized spacial score (nSPS) is 24.2. The number of hydrogen-bond acceptors (Lipinski definition) is 4. The lowest BCUT2D eigenvalue weighted by atomic mass is 9.70. The fraction of sp³-hybridized carbons (Fsp3) is 0.167. The van der Waals surface area contributed by atoms with Crippen LogP contribution < -0.4 is 4.90 Å². The summed E-state index contributed by atoms with van der Waals surface area (Å²) in [6.45, 7) is 0. The van der Waals surface area contributed by atoms with Crippen LogP contribution in [0.4, 0.5) is 5.69 Å². The predicted molar refractivity (Wildman–Crippen MR) is 107 cm³/mol. The van der Waals surface area contributed by atoms with Gasteiger partial charge in [0.25, 0.3) is 0 Å². The second-order valence-electron chi connectivity index (χ2n) is 7.21. The first kappa shape index (κ1) is 16.8. The van der Waals surface area contributed by atoms with E-state index in [0.717, 1.165) is 16.8 Å². The summed E-state index contributed by atoms with van der Waals surface area (Å²) in [6, 6.07) is 26.1. The highest BCUT2D eigenvalue weighted by atomic mass is 16.5. The number of ether oxygens (including phenoxy) is 1. The quantitative estimate of drug-likeness (QED) is 0.401. The Hall–Kier alpha value is -3.40. The molecule has 1 fully saturated rings. The topological polar surface area (TPSA) is 46.4 Å². The standard InChI is InChI=1S/C24H19NO3/c1-28-23(27)24(17-12-6-3-7-13-17)18-14-8-9-15-19(18)25-20(22(24)25)21(26)16-10-4-2-5-11-16/h2-15,20,22H,1H3/t20-,22-,24+,25?/m0/s1. The fourth-order valence-corrected chi connectivity index (χ4v) is 4.75. The van der Waals surface area contributed by atoms with Crippen molar-refractivity contribution < 1.29 is 14.3 Å². The molecule has 4 heteroatoms. The van der Waals surface area contributed by atoms with Crippen molar-refractivity contribution in [2.75, 3.05) is 12.0 Å². The monoisotopic (exact) mass is 369 g/mol. The molecule has 4 nitrogen and oxygen atoms in total. The first-order valence-corrected chi connectivity index (χ1v) is 9.32. The minimum Gasteiger partial charge on any atom is -0.468 e. The molecule has 28 heavy (non-hydrogen) atoms. The number of rotatable bonds is 4. The minimum absolute atomic E-state index is 0.0318. The summed E-state index contributed by atoms with van der Waals surface area (Å²) >= 11 is 0. The molecular formula is C24H19NO3. The van der Waals surface area contributed by atoms with Gasteiger partial charge in [-0.25, -0.2) is 0 Å². The van der Waals surface area contributed by atoms with E-state index in [1.54, 1.807) is 0 Å². The van der Waals surface area contributed by atoms with E-state index in [2.05, 4.69) is 4.90 Å². The Morgan fingerprint density at radius 1 is 0.857 bits per heavy atom. The number of ketones is 1. The van der Waals surface area contributed by atoms with Crippen LogP contribution in [0.2, 0.25) is 0 Å². The number of fused-ring (bicyclic) bond motifs is 3. The molecule has 0 N–H and O–H groups in total. The Morgan fingerprint density at radius 3 is 2.14 bits per heavy atom. The van der Waals surface area contributed by atoms with Crippen LogP contribution >= 0.6 is 0 Å². The number of carbonyl (C=O) groups is 2. The Balaban J connectivity index is 1.71. The summed E-state index contributed by atoms with van der Waals surface area (Å²) in [4.78, 5) is 28.6. The summed E-state index contributed by atoms with van der Waals surface area (Å²) in [6.07, 6.45) is 0. The van der Waals surface area contributed by atoms with Gasteiger partial charge in [0.15, 0.2) is 5.78 Å². The van der Waals surface area contributed by atoms with Gasteiger partial charge in [-0.15, -0.1) is 0 Å². The predicted octanol–water partition coefficient (Wildman–Crippen LogP) is 3.60. The molecule has 0 aromatic heterocycles. The average Bonchev–Trinajstić information content (AvgIpc) is 3.43. The van der Waals surface area contributed by atoms with Crippen LogP contribution in [0.25, 0.3) is 0 Å². The van der Waals surface area contributed by atoms with Crippen molar-refractivity contribution in [3.05, 3.63) is 102 Å². The largest absolute Gasteiger partial charge is 0.468 e. The Bertz CT molecular complexity index is 1060. The zero-order chi connectivity index (χ0) is 19.3. The van der Waals surface area contributed by atoms with Crippen LogP contribution in [-0.4, -0.2) is 30.9 Å². The molecule has 2 aliphatic rings. The molecular weight excluding hydrogens is 350 g/mol. The Morgan fingerprint density at radius 2 is 1.46 bits per heavy atom. The van der Waals surface area contributed by atoms with E-state index in [9.17, 15) is 9.59 Å². The number of para-hydroxylation sites is 1. The first-order chi connectivity index (χ1) is 13.7. The van der Waals surface area contributed by atoms with Crippen LogP contribution in [0.1, 0.15) is 21.5 Å². The van der Waals surface area contributed by atoms with Crippen LogP contribution in [0.3, 0.4) is 0 Å². The lowest BCUT2D eigenvalue weighted by Crippen LogP contribution is -2.44. The maximum atomic E-state index is 13.3. The molecule has 3 aromatic carbocycles. The van der Waals surface area contributed by atoms with Gasteiger partial charge in [-0.05, 0) is 17.2 Å². The number of anilines is 1. The maximum Gasteiger partial charge on any atom is 0.323 e. The second-order valence-corrected chi connectivity index (χ2v) is 7.21. The Kier molecular flexibility index (Phi) is 3.63. The molecule has 1 saturated heterocycles. The molecule has 3 atom stereocenters. The molecule has 3 aromatic rings. The van der Waals surface area contributed by atoms with Crippen LogP contribution in [0.15, 0.2) is 84.9 Å². The SMILES string of the molecule is COC(=O)[C@]1(c2ccccc2)c2ccccc2N2[C@H]1[C@@H]2C(=O)c1ccccc1. The van der Waals surface area contributed by atoms with Gasteiger partial charge in [0.2, 0.25) is 0 Å². The molecule has 0 aliphatic carbocycles. The summed E-state index contributed by atoms with van der Waals surface area (Å²) in [5.74, 6) is -0.300. The highest BCUT2D eigenvalue weighted by Crippen LogP contribution is 2.60. The van der Waals surface area contributed by atoms with Gasteiger partial charge in [-0.1, -0.05) is 78.9 Å². The molecule has 0 unspecified atom stereocenters. The van der Waals surface area contributed by atoms with Gasteiger partial charge in [0.05, 0.1) is 13.2 Å². The van der Waals surface area contributed by atoms with E-state index >= 15 is 0 Å². The highest BCUT2D eigenvalue weighted by molar-refractivity contribution is 6.11. The van der Waals surface area contributed by atoms with Crippen molar-refractivity contribution in [3.63, 3.8) is 0 Å². The number of hydrogen-bond donors (Lipinski definition) is 0. The van der Waals surface area contributed by atoms with Crippen molar-refractivity contribution in [2.24, 2.45) is 0 Å². The van der Waals surface area contributed by atoms with Gasteiger partial charge in [-0.3, -0.25) is 9.59 Å². The van der Waals surface area contributed by atoms with E-state index in [4.69, 9.17) is 4.74 Å². The number of esters is 1. The van der Waals surface area contributed by atoms with Crippen molar-refractivity contribution in [3.8, 4) is 0 Å². The first-order valence-electron chi connectivity index (χ1n) is 9.32. The van der Waals surface area contributed by atoms with Crippen molar-refractivity contribution >= 4 is 17.4 Å². The van der Waals surface area contributed by atoms with Gasteiger partial charge >= 0.3 is 5.97 Å². The lowest BCUT2D eigenvalue weighted by molar-refractivity contribution is -0.145. The summed E-state index contributed by atoms with van der Waals surface area (Å²) in [7, 11) is 1.41. The van der Waals surface area contributed by atoms with Crippen molar-refractivity contribution in [2.45, 2.75) is 17.5 Å². The molecule has 138 valence electrons. The third kappa shape index (κ3) is 2.06. The zero-order valence-electron chi connectivity index (χ0n) is 15.4. The summed E-state index contributed by atoms with van der Waals surface area (Å²) in [5, 5.41) is 0. The zero-order valence-corrected chi connectivity index (χ0v) is 15.4. The lowest BCUT2D eigenvalue weighted by Gasteiger charge is -2.29. The van der Waals surface area contributed by atoms with Crippen LogP contribution in [0, 0.1) is 0 Å². The van der Waals surface area contributed by atoms with Crippen LogP contribution in [0.5, 0.6) is 0 Å². The maximum absolute atomic E-state index is 13.3. The molecule has 2 aliphatic heterocycles. The smallest absolute Gasteiger partial charge is 0.323 e. The molecule has 2 heterocycles. The van der Waals surface area contributed by atoms with E-state index in [1.807, 2.05) is 84.9 Å². The van der Waals surface area contributed by atoms with E-state index in [1.165, 1.54) is 7.11 Å². The number of benzene rings is 3. The van der Waals surface area contributed by atoms with E-state index in [-0.39, 0.29) is 23.8 Å². The summed E-state index contributed by atoms with van der Waals surface area (Å²) < 4.78 is 5.30. The Labute approximate surface area is 163 Å². The molecule has 0 spiro atoms. The average molecular weight is 369 g/mol. The number of carbonyl (C=O) groups excluding carboxylic acids is 2. The van der Waals surface area contributed by atoms with Gasteiger partial charge < -0.3 is 9.64 Å². The van der Waals surface area contributed by atoms with Crippen molar-refractivity contribution in [1.29, 1.82) is 0 Å². The number of nitrogens with zero attached hydrogens (tertiary/aromatic N) is 1. The number of Topliss-reactive ketones (excluding diaryl/α,β-unsaturated/α-hetero) is 1. The fourth-order valence-electron chi connectivity index (χ4n) is 4.75. The van der Waals surface area contributed by atoms with Gasteiger partial charge in [-0.2, -0.15) is 0 Å². The van der Waals surface area contributed by atoms with Gasteiger partial charge in [0.1, 0.15) is 11.5 Å². The molecule has 0 amide bonds. The molecule has 0 bridgehead atoms. The number of methoxy groups -OCH3 is 1. The molecule has 0 saturated carbocycles. The third-order valence-electron chi connectivity index (χ3n) is 5.92. The van der Waals surface area contributed by atoms with E-state index in [0.29, 0.717) is 5.56 Å². The summed E-state index contributed by atoms with van der Waals surface area (Å²) in [5.41, 5.74) is 2.32. The van der Waals surface area contributed by atoms with E-state index < -0.39 is 5.41 Å². The molecule has 5 rings (SSSR count). The molecule has 0 radical (unpaired) electrons. The van der Waals surface area contributed by atoms with Gasteiger partial charge in [0, 0.05) is 11.3 Å². The van der Waals surface area contributed by atoms with Crippen molar-refractivity contribution in [1.82, 2.24) is 0 Å². The minimum atomic E-state index is -1.01. The third-order valence-corrected chi connectivity index (χ3v) is 5.92.